The molecule has 0 radical (unpaired) electrons. The van der Waals surface area contributed by atoms with Gasteiger partial charge in [0.05, 0.1) is 18.1 Å². The summed E-state index contributed by atoms with van der Waals surface area (Å²) < 4.78 is 5.04. The summed E-state index contributed by atoms with van der Waals surface area (Å²) in [7, 11) is 1.30. The lowest BCUT2D eigenvalue weighted by atomic mass is 9.81. The van der Waals surface area contributed by atoms with Crippen LogP contribution >= 0.6 is 11.6 Å². The minimum atomic E-state index is -1.32. The molecule has 8 heteroatoms. The van der Waals surface area contributed by atoms with Crippen LogP contribution in [0.3, 0.4) is 0 Å². The molecule has 0 amide bonds. The summed E-state index contributed by atoms with van der Waals surface area (Å²) in [5.41, 5.74) is 0.931. The van der Waals surface area contributed by atoms with Crippen LogP contribution < -0.4 is 0 Å². The molecule has 144 valence electrons. The second kappa shape index (κ2) is 7.90. The summed E-state index contributed by atoms with van der Waals surface area (Å²) in [6.45, 7) is 1.85. The van der Waals surface area contributed by atoms with Crippen molar-refractivity contribution >= 4 is 29.3 Å². The van der Waals surface area contributed by atoms with Crippen LogP contribution in [0.2, 0.25) is 5.02 Å². The molecule has 0 unspecified atom stereocenters. The van der Waals surface area contributed by atoms with Crippen molar-refractivity contribution in [1.82, 2.24) is 0 Å². The van der Waals surface area contributed by atoms with Crippen molar-refractivity contribution in [2.45, 2.75) is 24.9 Å². The second-order valence-corrected chi connectivity index (χ2v) is 6.93. The van der Waals surface area contributed by atoms with Gasteiger partial charge in [-0.1, -0.05) is 41.9 Å². The Morgan fingerprint density at radius 1 is 1.25 bits per heavy atom. The van der Waals surface area contributed by atoms with Crippen LogP contribution in [0.15, 0.2) is 64.3 Å². The predicted octanol–water partition coefficient (Wildman–Crippen LogP) is 4.64. The van der Waals surface area contributed by atoms with Crippen LogP contribution in [0.1, 0.15) is 18.1 Å². The van der Waals surface area contributed by atoms with Crippen LogP contribution in [0, 0.1) is 10.1 Å². The fourth-order valence-corrected chi connectivity index (χ4v) is 3.32. The van der Waals surface area contributed by atoms with Gasteiger partial charge in [-0.25, -0.2) is 4.79 Å². The van der Waals surface area contributed by atoms with Gasteiger partial charge in [-0.2, -0.15) is 10.2 Å². The molecule has 2 atom stereocenters. The molecule has 0 spiro atoms. The topological polar surface area (TPSA) is 94.2 Å². The lowest BCUT2D eigenvalue weighted by Gasteiger charge is -2.25. The summed E-state index contributed by atoms with van der Waals surface area (Å²) in [6.07, 6.45) is 2.05. The molecular weight excluding hydrogens is 382 g/mol. The van der Waals surface area contributed by atoms with E-state index in [1.54, 1.807) is 24.3 Å². The number of nitrogens with zero attached hydrogens (tertiary/aromatic N) is 3. The molecule has 0 fully saturated rings. The number of nitro groups is 1. The number of methoxy groups -OCH3 is 1. The van der Waals surface area contributed by atoms with Gasteiger partial charge in [0.1, 0.15) is 0 Å². The van der Waals surface area contributed by atoms with Gasteiger partial charge in [0.25, 0.3) is 5.69 Å². The molecule has 0 aromatic heterocycles. The number of azo groups is 1. The van der Waals surface area contributed by atoms with Crippen LogP contribution in [-0.4, -0.2) is 29.6 Å². The Balaban J connectivity index is 2.03. The second-order valence-electron chi connectivity index (χ2n) is 6.49. The van der Waals surface area contributed by atoms with Crippen molar-refractivity contribution in [3.63, 3.8) is 0 Å². The Labute approximate surface area is 166 Å². The fourth-order valence-electron chi connectivity index (χ4n) is 3.20. The van der Waals surface area contributed by atoms with Crippen molar-refractivity contribution in [2.24, 2.45) is 10.2 Å². The first kappa shape index (κ1) is 19.7. The van der Waals surface area contributed by atoms with Crippen LogP contribution in [0.25, 0.3) is 6.08 Å². The number of rotatable bonds is 5. The summed E-state index contributed by atoms with van der Waals surface area (Å²) in [5, 5.41) is 20.0. The van der Waals surface area contributed by atoms with Crippen molar-refractivity contribution in [3.05, 3.63) is 80.4 Å². The molecule has 0 bridgehead atoms. The van der Waals surface area contributed by atoms with Gasteiger partial charge in [-0.15, -0.1) is 0 Å². The van der Waals surface area contributed by atoms with Gasteiger partial charge in [0, 0.05) is 23.6 Å². The maximum Gasteiger partial charge on any atom is 0.340 e. The number of halogens is 1. The highest BCUT2D eigenvalue weighted by molar-refractivity contribution is 6.30. The van der Waals surface area contributed by atoms with Crippen LogP contribution in [0.5, 0.6) is 0 Å². The van der Waals surface area contributed by atoms with E-state index in [1.807, 2.05) is 25.1 Å². The fraction of sp³-hybridized carbons (Fsp3) is 0.250. The maximum atomic E-state index is 12.8. The highest BCUT2D eigenvalue weighted by Crippen LogP contribution is 2.39. The monoisotopic (exact) mass is 399 g/mol. The minimum Gasteiger partial charge on any atom is -0.467 e. The largest absolute Gasteiger partial charge is 0.467 e. The van der Waals surface area contributed by atoms with Gasteiger partial charge in [-0.05, 0) is 35.8 Å². The molecule has 28 heavy (non-hydrogen) atoms. The number of esters is 1. The molecule has 3 rings (SSSR count). The average molecular weight is 400 g/mol. The quantitative estimate of drug-likeness (QED) is 0.415. The summed E-state index contributed by atoms with van der Waals surface area (Å²) in [6, 6.07) is 12.9. The van der Waals surface area contributed by atoms with Gasteiger partial charge in [0.15, 0.2) is 0 Å². The van der Waals surface area contributed by atoms with Crippen molar-refractivity contribution in [2.75, 3.05) is 7.11 Å². The van der Waals surface area contributed by atoms with Crippen molar-refractivity contribution < 1.29 is 14.5 Å². The van der Waals surface area contributed by atoms with E-state index < -0.39 is 16.4 Å². The lowest BCUT2D eigenvalue weighted by Crippen LogP contribution is -2.41. The van der Waals surface area contributed by atoms with E-state index >= 15 is 0 Å². The Morgan fingerprint density at radius 2 is 1.89 bits per heavy atom. The molecule has 1 heterocycles. The van der Waals surface area contributed by atoms with Crippen LogP contribution in [0.4, 0.5) is 5.69 Å². The first-order valence-electron chi connectivity index (χ1n) is 8.57. The van der Waals surface area contributed by atoms with E-state index in [-0.39, 0.29) is 18.2 Å². The number of ether oxygens (including phenoxy) is 1. The Bertz CT molecular complexity index is 954. The zero-order valence-corrected chi connectivity index (χ0v) is 16.1. The van der Waals surface area contributed by atoms with Crippen molar-refractivity contribution in [1.29, 1.82) is 0 Å². The van der Waals surface area contributed by atoms with Crippen LogP contribution in [-0.2, 0) is 16.0 Å². The first-order valence-corrected chi connectivity index (χ1v) is 8.95. The Hall–Kier alpha value is -3.06. The van der Waals surface area contributed by atoms with E-state index in [0.717, 1.165) is 5.56 Å². The number of hydrogen-bond donors (Lipinski definition) is 0. The Kier molecular flexibility index (Phi) is 5.56. The third kappa shape index (κ3) is 3.80. The highest BCUT2D eigenvalue weighted by atomic mass is 35.5. The van der Waals surface area contributed by atoms with E-state index in [4.69, 9.17) is 16.3 Å². The first-order chi connectivity index (χ1) is 13.4. The SMILES string of the molecule is COC(=O)[C@@]1(Cc2ccc([N+](=O)[O-])cc2)N=N[C@@H](C)/C1=C/c1ccc(Cl)cc1. The zero-order valence-electron chi connectivity index (χ0n) is 15.3. The van der Waals surface area contributed by atoms with Gasteiger partial charge >= 0.3 is 5.97 Å². The van der Waals surface area contributed by atoms with Gasteiger partial charge in [0.2, 0.25) is 5.54 Å². The molecule has 1 aliphatic rings. The molecule has 2 aromatic rings. The summed E-state index contributed by atoms with van der Waals surface area (Å²) in [5.74, 6) is -0.529. The zero-order chi connectivity index (χ0) is 20.3. The van der Waals surface area contributed by atoms with E-state index in [9.17, 15) is 14.9 Å². The number of benzene rings is 2. The lowest BCUT2D eigenvalue weighted by molar-refractivity contribution is -0.384. The minimum absolute atomic E-state index is 0.0192. The molecule has 1 aliphatic heterocycles. The molecule has 0 N–H and O–H groups in total. The van der Waals surface area contributed by atoms with E-state index in [1.165, 1.54) is 19.2 Å². The van der Waals surface area contributed by atoms with Crippen molar-refractivity contribution in [3.8, 4) is 0 Å². The predicted molar refractivity (Wildman–Crippen MR) is 105 cm³/mol. The number of nitro benzene ring substituents is 1. The summed E-state index contributed by atoms with van der Waals surface area (Å²) in [4.78, 5) is 23.2. The molecule has 0 aliphatic carbocycles. The van der Waals surface area contributed by atoms with E-state index in [0.29, 0.717) is 16.2 Å². The number of hydrogen-bond acceptors (Lipinski definition) is 6. The Morgan fingerprint density at radius 3 is 2.46 bits per heavy atom. The third-order valence-electron chi connectivity index (χ3n) is 4.65. The standard InChI is InChI=1S/C20H18ClN3O4/c1-13-18(11-14-3-7-16(21)8-4-14)20(23-22-13,19(25)28-2)12-15-5-9-17(10-6-15)24(26)27/h3-11,13H,12H2,1-2H3/b18-11-/t13-,20-/m0/s1. The molecular formula is C20H18ClN3O4. The molecule has 0 saturated carbocycles. The van der Waals surface area contributed by atoms with Gasteiger partial charge in [-0.3, -0.25) is 10.1 Å². The molecule has 7 nitrogen and oxygen atoms in total. The molecule has 2 aromatic carbocycles. The normalized spacial score (nSPS) is 22.4. The van der Waals surface area contributed by atoms with E-state index in [2.05, 4.69) is 10.2 Å². The third-order valence-corrected chi connectivity index (χ3v) is 4.90. The maximum absolute atomic E-state index is 12.8. The number of carbonyl (C=O) groups excluding carboxylic acids is 1. The summed E-state index contributed by atoms with van der Waals surface area (Å²) >= 11 is 5.95. The smallest absolute Gasteiger partial charge is 0.340 e. The van der Waals surface area contributed by atoms with Gasteiger partial charge < -0.3 is 4.74 Å². The number of carbonyl (C=O) groups is 1. The number of non-ortho nitro benzene ring substituents is 1. The molecule has 0 saturated heterocycles. The highest BCUT2D eigenvalue weighted by Gasteiger charge is 2.49. The average Bonchev–Trinajstić information content (AvgIpc) is 3.00.